The molecule has 12 aliphatic rings. The van der Waals surface area contributed by atoms with E-state index in [1.165, 1.54) is 46.0 Å². The Labute approximate surface area is 506 Å². The highest BCUT2D eigenvalue weighted by Crippen LogP contribution is 2.71. The Bertz CT molecular complexity index is 2650. The zero-order valence-corrected chi connectivity index (χ0v) is 54.8. The second-order valence-corrected chi connectivity index (χ2v) is 34.7. The lowest BCUT2D eigenvalue weighted by Gasteiger charge is -2.50. The van der Waals surface area contributed by atoms with Crippen LogP contribution >= 0.6 is 0 Å². The largest absolute Gasteiger partial charge is 0.466 e. The zero-order chi connectivity index (χ0) is 60.8. The average molecular weight is 1210 g/mol. The molecule has 0 radical (unpaired) electrons. The predicted molar refractivity (Wildman–Crippen MR) is 327 cm³/mol. The number of carbonyl (C=O) groups excluding carboxylic acids is 4. The maximum absolute atomic E-state index is 13.6. The Morgan fingerprint density at radius 3 is 1.38 bits per heavy atom. The molecule has 12 aliphatic carbocycles. The van der Waals surface area contributed by atoms with Gasteiger partial charge in [-0.1, -0.05) is 64.2 Å². The fraction of sp³-hybridized carbons (Fsp3) is 0.853. The van der Waals surface area contributed by atoms with E-state index in [-0.39, 0.29) is 52.8 Å². The van der Waals surface area contributed by atoms with E-state index < -0.39 is 25.6 Å². The van der Waals surface area contributed by atoms with Crippen LogP contribution in [0.5, 0.6) is 0 Å². The van der Waals surface area contributed by atoms with Crippen molar-refractivity contribution in [2.24, 2.45) is 142 Å². The molecule has 0 aliphatic heterocycles. The van der Waals surface area contributed by atoms with Crippen LogP contribution in [0.4, 0.5) is 0 Å². The van der Waals surface area contributed by atoms with Gasteiger partial charge in [0, 0.05) is 26.9 Å². The molecule has 474 valence electrons. The van der Waals surface area contributed by atoms with Crippen molar-refractivity contribution < 1.29 is 55.0 Å². The van der Waals surface area contributed by atoms with Crippen molar-refractivity contribution in [3.05, 3.63) is 36.5 Å². The van der Waals surface area contributed by atoms with E-state index in [0.29, 0.717) is 158 Å². The van der Waals surface area contributed by atoms with Gasteiger partial charge in [0.05, 0.1) is 36.6 Å². The van der Waals surface area contributed by atoms with Crippen LogP contribution in [-0.2, 0) is 58.2 Å². The molecule has 0 aromatic heterocycles. The van der Waals surface area contributed by atoms with Gasteiger partial charge < -0.3 is 18.9 Å². The highest BCUT2D eigenvalue weighted by molar-refractivity contribution is 7.89. The van der Waals surface area contributed by atoms with Crippen molar-refractivity contribution in [2.45, 2.75) is 184 Å². The van der Waals surface area contributed by atoms with Crippen LogP contribution in [0.2, 0.25) is 0 Å². The number of rotatable bonds is 18. The molecule has 12 bridgehead atoms. The van der Waals surface area contributed by atoms with Gasteiger partial charge in [-0.05, 0) is 262 Å². The number of hydrogen-bond donors (Lipinski definition) is 2. The van der Waals surface area contributed by atoms with Gasteiger partial charge in [0.1, 0.15) is 11.2 Å². The summed E-state index contributed by atoms with van der Waals surface area (Å²) >= 11 is 0. The molecule has 84 heavy (non-hydrogen) atoms. The first kappa shape index (κ1) is 65.4. The topological polar surface area (TPSA) is 198 Å². The molecule has 24 atom stereocenters. The molecule has 0 aromatic carbocycles. The minimum Gasteiger partial charge on any atom is -0.466 e. The smallest absolute Gasteiger partial charge is 0.310 e. The maximum Gasteiger partial charge on any atom is 0.310 e. The van der Waals surface area contributed by atoms with E-state index in [1.54, 1.807) is 0 Å². The normalized spacial score (nSPS) is 41.0. The minimum absolute atomic E-state index is 0.000748. The molecule has 9 saturated carbocycles. The first-order valence-corrected chi connectivity index (χ1v) is 36.5. The van der Waals surface area contributed by atoms with Crippen LogP contribution in [0.1, 0.15) is 173 Å². The summed E-state index contributed by atoms with van der Waals surface area (Å²) in [5, 5.41) is 0. The molecule has 0 aromatic rings. The molecule has 0 spiro atoms. The van der Waals surface area contributed by atoms with Gasteiger partial charge in [-0.15, -0.1) is 0 Å². The number of ether oxygens (including phenoxy) is 4. The molecule has 16 heteroatoms. The summed E-state index contributed by atoms with van der Waals surface area (Å²) in [6, 6.07) is 0. The first-order chi connectivity index (χ1) is 39.5. The molecule has 2 N–H and O–H groups in total. The van der Waals surface area contributed by atoms with Gasteiger partial charge in [0.2, 0.25) is 20.0 Å². The third-order valence-electron chi connectivity index (χ3n) is 22.9. The summed E-state index contributed by atoms with van der Waals surface area (Å²) in [5.41, 5.74) is -0.822. The predicted octanol–water partition coefficient (Wildman–Crippen LogP) is 11.8. The number of carbonyl (C=O) groups is 4. The highest BCUT2D eigenvalue weighted by Gasteiger charge is 2.67. The van der Waals surface area contributed by atoms with E-state index in [4.69, 9.17) is 18.9 Å². The molecule has 14 nitrogen and oxygen atoms in total. The Hall–Kier alpha value is -3.08. The minimum atomic E-state index is -3.21. The van der Waals surface area contributed by atoms with Gasteiger partial charge in [0.15, 0.2) is 0 Å². The van der Waals surface area contributed by atoms with E-state index in [0.717, 1.165) is 56.8 Å². The molecular formula is C68H108N2O12S2. The van der Waals surface area contributed by atoms with Crippen molar-refractivity contribution in [1.82, 2.24) is 9.44 Å². The van der Waals surface area contributed by atoms with Crippen LogP contribution in [-0.4, -0.2) is 89.7 Å². The lowest BCUT2D eigenvalue weighted by molar-refractivity contribution is -0.165. The first-order valence-electron chi connectivity index (χ1n) is 33.2. The van der Waals surface area contributed by atoms with Gasteiger partial charge in [-0.25, -0.2) is 26.3 Å². The third kappa shape index (κ3) is 15.5. The van der Waals surface area contributed by atoms with Gasteiger partial charge in [-0.2, -0.15) is 0 Å². The standard InChI is InChI=1S/C35H57NO6S.C12H18O2.C11H19NO2S.C10H14O2/c1-8-9-43(39,40)36-16-24-10-21-12-27(24)31(18(21)2)32-23-14-28(29(15-23)34(38)42-35(5,6)7)33(32)30-19(3)26-13-22(30)11-25(26)17-41-20(4)37;1-12(2,3)14-11(13)10-7-8-4-5-9(10)6-8;1-2-5-15(13,14)12-8-11-7-9-3-4-10(11)6-9;1-7(11)12-6-10-5-8-2-3-9(10)4-8/h18-19,21-33,36H,8-17H2,1-7H3;4-5,8-10H,6-7H2,1-3H3;3-4,9-12H,2,5-8H2,1H3;2-3,8-10H,4-6H2,1H3. The van der Waals surface area contributed by atoms with Crippen molar-refractivity contribution in [2.75, 3.05) is 37.8 Å². The van der Waals surface area contributed by atoms with Gasteiger partial charge in [-0.3, -0.25) is 19.2 Å². The lowest BCUT2D eigenvalue weighted by atomic mass is 9.55. The number of fused-ring (bicyclic) bond motifs is 12. The molecule has 12 rings (SSSR count). The Morgan fingerprint density at radius 2 is 0.917 bits per heavy atom. The van der Waals surface area contributed by atoms with Crippen molar-refractivity contribution in [3.8, 4) is 0 Å². The SMILES string of the molecule is CC(=O)OCC1CC2C=CC1C2.CC(C)(C)OC(=O)C1CC2C=CC1C2.CCCS(=O)(=O)NCC1CC2C=CC1C2.CCCS(=O)(=O)NCC1CC2CC1C(C1C3CC(C(=O)OC(C)(C)C)C(C3)C1C1C3CC(COC(C)=O)C(C3)C1C)C2C. The highest BCUT2D eigenvalue weighted by atomic mass is 32.2. The fourth-order valence-electron chi connectivity index (χ4n) is 19.9. The van der Waals surface area contributed by atoms with Crippen LogP contribution in [0.25, 0.3) is 0 Å². The van der Waals surface area contributed by atoms with E-state index in [1.807, 2.05) is 55.4 Å². The Morgan fingerprint density at radius 1 is 0.452 bits per heavy atom. The third-order valence-corrected chi connectivity index (χ3v) is 26.0. The summed E-state index contributed by atoms with van der Waals surface area (Å²) in [6.45, 7) is 25.8. The van der Waals surface area contributed by atoms with Gasteiger partial charge >= 0.3 is 23.9 Å². The molecular weight excluding hydrogens is 1100 g/mol. The number of sulfonamides is 2. The van der Waals surface area contributed by atoms with Crippen molar-refractivity contribution in [1.29, 1.82) is 0 Å². The summed E-state index contributed by atoms with van der Waals surface area (Å²) in [6.07, 6.45) is 28.8. The lowest BCUT2D eigenvalue weighted by Crippen LogP contribution is -2.48. The summed E-state index contributed by atoms with van der Waals surface area (Å²) in [4.78, 5) is 47.6. The van der Waals surface area contributed by atoms with Crippen LogP contribution in [0.3, 0.4) is 0 Å². The van der Waals surface area contributed by atoms with Gasteiger partial charge in [0.25, 0.3) is 0 Å². The Balaban J connectivity index is 0.000000165. The van der Waals surface area contributed by atoms with Crippen LogP contribution < -0.4 is 9.44 Å². The molecule has 0 amide bonds. The molecule has 24 unspecified atom stereocenters. The number of allylic oxidation sites excluding steroid dienone is 6. The quantitative estimate of drug-likeness (QED) is 0.0749. The second kappa shape index (κ2) is 26.6. The second-order valence-electron chi connectivity index (χ2n) is 30.8. The molecule has 0 heterocycles. The number of hydrogen-bond acceptors (Lipinski definition) is 12. The summed E-state index contributed by atoms with van der Waals surface area (Å²) in [5.74, 6) is 13.2. The number of esters is 4. The monoisotopic (exact) mass is 1210 g/mol. The number of nitrogens with one attached hydrogen (secondary N) is 2. The van der Waals surface area contributed by atoms with E-state index in [2.05, 4.69) is 59.7 Å². The molecule has 9 fully saturated rings. The van der Waals surface area contributed by atoms with Crippen molar-refractivity contribution in [3.63, 3.8) is 0 Å². The van der Waals surface area contributed by atoms with Crippen LogP contribution in [0.15, 0.2) is 36.5 Å². The fourth-order valence-corrected chi connectivity index (χ4v) is 22.2. The molecule has 0 saturated heterocycles. The van der Waals surface area contributed by atoms with Crippen molar-refractivity contribution >= 4 is 43.9 Å². The average Bonchev–Trinajstić information content (AvgIpc) is 1.68. The summed E-state index contributed by atoms with van der Waals surface area (Å²) in [7, 11) is -6.22. The Kier molecular flexibility index (Phi) is 20.7. The van der Waals surface area contributed by atoms with Crippen LogP contribution in [0, 0.1) is 142 Å². The summed E-state index contributed by atoms with van der Waals surface area (Å²) < 4.78 is 75.7. The van der Waals surface area contributed by atoms with E-state index >= 15 is 0 Å². The maximum atomic E-state index is 13.6. The van der Waals surface area contributed by atoms with E-state index in [9.17, 15) is 36.0 Å². The zero-order valence-electron chi connectivity index (χ0n) is 53.2.